The summed E-state index contributed by atoms with van der Waals surface area (Å²) in [6, 6.07) is 3.93. The van der Waals surface area contributed by atoms with E-state index < -0.39 is 0 Å². The monoisotopic (exact) mass is 137 g/mol. The molecule has 0 amide bonds. The van der Waals surface area contributed by atoms with Gasteiger partial charge in [0, 0.05) is 11.8 Å². The first kappa shape index (κ1) is 7.06. The summed E-state index contributed by atoms with van der Waals surface area (Å²) in [4.78, 5) is 4.13. The first-order valence-electron chi connectivity index (χ1n) is 3.21. The second-order valence-corrected chi connectivity index (χ2v) is 2.33. The lowest BCUT2D eigenvalue weighted by atomic mass is 10.2. The normalized spacial score (nSPS) is 9.50. The Morgan fingerprint density at radius 3 is 2.50 bits per heavy atom. The fourth-order valence-electron chi connectivity index (χ4n) is 0.909. The molecule has 0 saturated heterocycles. The van der Waals surface area contributed by atoms with Crippen LogP contribution in [0, 0.1) is 13.8 Å². The quantitative estimate of drug-likeness (QED) is 0.587. The lowest BCUT2D eigenvalue weighted by molar-refractivity contribution is 0.396. The zero-order valence-electron chi connectivity index (χ0n) is 6.51. The maximum absolute atomic E-state index is 4.96. The highest BCUT2D eigenvalue weighted by Crippen LogP contribution is 2.09. The van der Waals surface area contributed by atoms with Gasteiger partial charge in [-0.15, -0.1) is 0 Å². The predicted molar refractivity (Wildman–Crippen MR) is 40.3 cm³/mol. The molecule has 1 aromatic heterocycles. The first-order valence-corrected chi connectivity index (χ1v) is 3.21. The Morgan fingerprint density at radius 2 is 2.00 bits per heavy atom. The number of rotatable bonds is 1. The van der Waals surface area contributed by atoms with E-state index in [0.29, 0.717) is 5.88 Å². The van der Waals surface area contributed by atoms with Crippen molar-refractivity contribution in [2.75, 3.05) is 7.11 Å². The van der Waals surface area contributed by atoms with Crippen molar-refractivity contribution in [2.24, 2.45) is 0 Å². The van der Waals surface area contributed by atoms with Gasteiger partial charge in [0.05, 0.1) is 7.11 Å². The summed E-state index contributed by atoms with van der Waals surface area (Å²) in [5, 5.41) is 0. The number of hydrogen-bond donors (Lipinski definition) is 0. The van der Waals surface area contributed by atoms with Crippen molar-refractivity contribution in [1.29, 1.82) is 0 Å². The molecule has 2 heteroatoms. The predicted octanol–water partition coefficient (Wildman–Crippen LogP) is 1.71. The van der Waals surface area contributed by atoms with E-state index in [9.17, 15) is 0 Å². The van der Waals surface area contributed by atoms with E-state index in [1.165, 1.54) is 5.56 Å². The fourth-order valence-corrected chi connectivity index (χ4v) is 0.909. The van der Waals surface area contributed by atoms with Gasteiger partial charge in [0.25, 0.3) is 0 Å². The molecule has 0 aliphatic carbocycles. The molecule has 0 fully saturated rings. The molecule has 0 bridgehead atoms. The van der Waals surface area contributed by atoms with Crippen LogP contribution in [0.2, 0.25) is 0 Å². The van der Waals surface area contributed by atoms with Crippen LogP contribution >= 0.6 is 0 Å². The van der Waals surface area contributed by atoms with Crippen LogP contribution in [0.4, 0.5) is 0 Å². The molecule has 0 spiro atoms. The van der Waals surface area contributed by atoms with Crippen molar-refractivity contribution in [3.63, 3.8) is 0 Å². The molecule has 1 aromatic rings. The average molecular weight is 137 g/mol. The van der Waals surface area contributed by atoms with Gasteiger partial charge in [0.15, 0.2) is 0 Å². The molecule has 54 valence electrons. The average Bonchev–Trinajstić information content (AvgIpc) is 1.85. The summed E-state index contributed by atoms with van der Waals surface area (Å²) in [5.41, 5.74) is 2.18. The Kier molecular flexibility index (Phi) is 1.90. The number of ether oxygens (including phenoxy) is 1. The third kappa shape index (κ3) is 1.47. The van der Waals surface area contributed by atoms with E-state index in [0.717, 1.165) is 5.69 Å². The third-order valence-corrected chi connectivity index (χ3v) is 1.28. The van der Waals surface area contributed by atoms with Crippen LogP contribution in [-0.4, -0.2) is 12.1 Å². The van der Waals surface area contributed by atoms with Crippen LogP contribution in [0.1, 0.15) is 11.3 Å². The number of hydrogen-bond acceptors (Lipinski definition) is 2. The molecule has 0 saturated carbocycles. The van der Waals surface area contributed by atoms with Crippen molar-refractivity contribution in [3.8, 4) is 5.88 Å². The molecule has 0 unspecified atom stereocenters. The van der Waals surface area contributed by atoms with Gasteiger partial charge in [-0.3, -0.25) is 0 Å². The van der Waals surface area contributed by atoms with Crippen molar-refractivity contribution in [1.82, 2.24) is 4.98 Å². The van der Waals surface area contributed by atoms with Crippen LogP contribution in [0.25, 0.3) is 0 Å². The van der Waals surface area contributed by atoms with E-state index in [4.69, 9.17) is 4.74 Å². The first-order chi connectivity index (χ1) is 4.72. The molecule has 0 atom stereocenters. The highest BCUT2D eigenvalue weighted by atomic mass is 16.5. The molecule has 0 N–H and O–H groups in total. The van der Waals surface area contributed by atoms with Crippen LogP contribution in [0.15, 0.2) is 12.1 Å². The highest BCUT2D eigenvalue weighted by molar-refractivity contribution is 5.22. The maximum Gasteiger partial charge on any atom is 0.213 e. The molecule has 10 heavy (non-hydrogen) atoms. The third-order valence-electron chi connectivity index (χ3n) is 1.28. The fraction of sp³-hybridized carbons (Fsp3) is 0.375. The lowest BCUT2D eigenvalue weighted by Crippen LogP contribution is -1.90. The summed E-state index contributed by atoms with van der Waals surface area (Å²) in [5.74, 6) is 0.692. The van der Waals surface area contributed by atoms with Crippen LogP contribution in [0.5, 0.6) is 5.88 Å². The Balaban J connectivity index is 3.06. The smallest absolute Gasteiger partial charge is 0.213 e. The molecular weight excluding hydrogens is 126 g/mol. The second-order valence-electron chi connectivity index (χ2n) is 2.33. The van der Waals surface area contributed by atoms with E-state index in [2.05, 4.69) is 4.98 Å². The molecular formula is C8H11NO. The number of aromatic nitrogens is 1. The number of pyridine rings is 1. The molecule has 0 aliphatic rings. The van der Waals surface area contributed by atoms with Gasteiger partial charge >= 0.3 is 0 Å². The zero-order chi connectivity index (χ0) is 7.56. The number of methoxy groups -OCH3 is 1. The maximum atomic E-state index is 4.96. The van der Waals surface area contributed by atoms with Crippen molar-refractivity contribution in [2.45, 2.75) is 13.8 Å². The Morgan fingerprint density at radius 1 is 1.30 bits per heavy atom. The summed E-state index contributed by atoms with van der Waals surface area (Å²) in [6.07, 6.45) is 0. The van der Waals surface area contributed by atoms with E-state index >= 15 is 0 Å². The molecule has 0 radical (unpaired) electrons. The van der Waals surface area contributed by atoms with Crippen molar-refractivity contribution < 1.29 is 4.74 Å². The number of aryl methyl sites for hydroxylation is 2. The molecule has 1 rings (SSSR count). The Labute approximate surface area is 60.9 Å². The minimum Gasteiger partial charge on any atom is -0.481 e. The molecule has 0 aliphatic heterocycles. The standard InChI is InChI=1S/C8H11NO/c1-6-4-7(2)9-8(5-6)10-3/h4-5H,1-3H3. The van der Waals surface area contributed by atoms with E-state index in [1.54, 1.807) is 7.11 Å². The molecule has 0 aromatic carbocycles. The van der Waals surface area contributed by atoms with Gasteiger partial charge in [0.1, 0.15) is 0 Å². The Hall–Kier alpha value is -1.05. The van der Waals surface area contributed by atoms with E-state index in [1.807, 2.05) is 26.0 Å². The molecule has 2 nitrogen and oxygen atoms in total. The summed E-state index contributed by atoms with van der Waals surface area (Å²) in [7, 11) is 1.63. The minimum absolute atomic E-state index is 0.692. The summed E-state index contributed by atoms with van der Waals surface area (Å²) < 4.78 is 4.96. The summed E-state index contributed by atoms with van der Waals surface area (Å²) >= 11 is 0. The second kappa shape index (κ2) is 2.69. The van der Waals surface area contributed by atoms with Crippen LogP contribution in [-0.2, 0) is 0 Å². The van der Waals surface area contributed by atoms with Gasteiger partial charge in [0.2, 0.25) is 5.88 Å². The topological polar surface area (TPSA) is 22.1 Å². The van der Waals surface area contributed by atoms with Gasteiger partial charge in [-0.25, -0.2) is 4.98 Å². The summed E-state index contributed by atoms with van der Waals surface area (Å²) in [6.45, 7) is 3.98. The molecule has 1 heterocycles. The van der Waals surface area contributed by atoms with Gasteiger partial charge < -0.3 is 4.74 Å². The largest absolute Gasteiger partial charge is 0.481 e. The number of nitrogens with zero attached hydrogens (tertiary/aromatic N) is 1. The van der Waals surface area contributed by atoms with Gasteiger partial charge in [-0.05, 0) is 25.5 Å². The zero-order valence-corrected chi connectivity index (χ0v) is 6.51. The lowest BCUT2D eigenvalue weighted by Gasteiger charge is -2.00. The van der Waals surface area contributed by atoms with Gasteiger partial charge in [-0.1, -0.05) is 0 Å². The van der Waals surface area contributed by atoms with Crippen LogP contribution < -0.4 is 4.74 Å². The Bertz CT molecular complexity index is 212. The highest BCUT2D eigenvalue weighted by Gasteiger charge is 1.93. The minimum atomic E-state index is 0.692. The SMILES string of the molecule is COc1cc(C)cc(C)n1. The van der Waals surface area contributed by atoms with Crippen molar-refractivity contribution in [3.05, 3.63) is 23.4 Å². The van der Waals surface area contributed by atoms with E-state index in [-0.39, 0.29) is 0 Å². The van der Waals surface area contributed by atoms with Gasteiger partial charge in [-0.2, -0.15) is 0 Å². The van der Waals surface area contributed by atoms with Crippen LogP contribution in [0.3, 0.4) is 0 Å². The van der Waals surface area contributed by atoms with Crippen molar-refractivity contribution >= 4 is 0 Å².